The van der Waals surface area contributed by atoms with Gasteiger partial charge in [0.15, 0.2) is 0 Å². The molecule has 0 amide bonds. The summed E-state index contributed by atoms with van der Waals surface area (Å²) >= 11 is 3.55. The maximum Gasteiger partial charge on any atom is 0.0231 e. The Bertz CT molecular complexity index is 312. The summed E-state index contributed by atoms with van der Waals surface area (Å²) < 4.78 is 1.19. The predicted molar refractivity (Wildman–Crippen MR) is 68.9 cm³/mol. The maximum absolute atomic E-state index is 5.48. The molecule has 0 aliphatic rings. The molecule has 0 radical (unpaired) electrons. The standard InChI is InChI=1S/C12H19BrN2/c1-10-4-5-11(8-12(10)13)9-15(2)7-3-6-14/h4-5,8H,3,6-7,9,14H2,1-2H3. The predicted octanol–water partition coefficient (Wildman–Crippen LogP) is 2.54. The molecular weight excluding hydrogens is 252 g/mol. The molecule has 15 heavy (non-hydrogen) atoms. The molecule has 0 unspecified atom stereocenters. The molecule has 3 heteroatoms. The molecule has 0 aliphatic carbocycles. The third kappa shape index (κ3) is 4.33. The minimum Gasteiger partial charge on any atom is -0.330 e. The van der Waals surface area contributed by atoms with E-state index in [4.69, 9.17) is 5.73 Å². The average Bonchev–Trinajstić information content (AvgIpc) is 2.20. The fourth-order valence-electron chi connectivity index (χ4n) is 1.49. The first-order valence-electron chi connectivity index (χ1n) is 5.27. The van der Waals surface area contributed by atoms with Crippen molar-refractivity contribution in [3.63, 3.8) is 0 Å². The summed E-state index contributed by atoms with van der Waals surface area (Å²) in [7, 11) is 2.13. The van der Waals surface area contributed by atoms with E-state index in [1.54, 1.807) is 0 Å². The number of benzene rings is 1. The Labute approximate surface area is 101 Å². The first-order valence-corrected chi connectivity index (χ1v) is 6.06. The first-order chi connectivity index (χ1) is 7.13. The van der Waals surface area contributed by atoms with Crippen LogP contribution in [0.1, 0.15) is 17.5 Å². The van der Waals surface area contributed by atoms with E-state index in [1.165, 1.54) is 15.6 Å². The quantitative estimate of drug-likeness (QED) is 0.891. The minimum atomic E-state index is 0.766. The SMILES string of the molecule is Cc1ccc(CN(C)CCCN)cc1Br. The van der Waals surface area contributed by atoms with Crippen LogP contribution >= 0.6 is 15.9 Å². The highest BCUT2D eigenvalue weighted by molar-refractivity contribution is 9.10. The number of hydrogen-bond acceptors (Lipinski definition) is 2. The molecule has 0 spiro atoms. The monoisotopic (exact) mass is 270 g/mol. The van der Waals surface area contributed by atoms with Gasteiger partial charge >= 0.3 is 0 Å². The summed E-state index contributed by atoms with van der Waals surface area (Å²) in [5, 5.41) is 0. The van der Waals surface area contributed by atoms with Crippen molar-refractivity contribution >= 4 is 15.9 Å². The van der Waals surface area contributed by atoms with E-state index in [0.717, 1.165) is 26.1 Å². The Hall–Kier alpha value is -0.380. The molecule has 0 bridgehead atoms. The van der Waals surface area contributed by atoms with E-state index >= 15 is 0 Å². The van der Waals surface area contributed by atoms with Crippen LogP contribution in [-0.4, -0.2) is 25.0 Å². The molecule has 1 aromatic rings. The summed E-state index contributed by atoms with van der Waals surface area (Å²) in [6.45, 7) is 4.91. The first kappa shape index (κ1) is 12.7. The Kier molecular flexibility index (Phi) is 5.29. The molecule has 0 heterocycles. The van der Waals surface area contributed by atoms with Crippen molar-refractivity contribution in [2.24, 2.45) is 5.73 Å². The Morgan fingerprint density at radius 3 is 2.73 bits per heavy atom. The van der Waals surface area contributed by atoms with Crippen molar-refractivity contribution in [1.82, 2.24) is 4.90 Å². The molecule has 0 fully saturated rings. The molecule has 2 N–H and O–H groups in total. The van der Waals surface area contributed by atoms with E-state index in [2.05, 4.69) is 53.0 Å². The van der Waals surface area contributed by atoms with Gasteiger partial charge in [-0.3, -0.25) is 0 Å². The molecule has 0 saturated carbocycles. The van der Waals surface area contributed by atoms with Crippen LogP contribution in [0.15, 0.2) is 22.7 Å². The van der Waals surface area contributed by atoms with Crippen LogP contribution < -0.4 is 5.73 Å². The average molecular weight is 271 g/mol. The van der Waals surface area contributed by atoms with Crippen LogP contribution in [0.5, 0.6) is 0 Å². The highest BCUT2D eigenvalue weighted by Crippen LogP contribution is 2.18. The molecule has 2 nitrogen and oxygen atoms in total. The topological polar surface area (TPSA) is 29.3 Å². The van der Waals surface area contributed by atoms with Crippen molar-refractivity contribution in [3.05, 3.63) is 33.8 Å². The van der Waals surface area contributed by atoms with E-state index in [-0.39, 0.29) is 0 Å². The van der Waals surface area contributed by atoms with Crippen molar-refractivity contribution in [2.75, 3.05) is 20.1 Å². The van der Waals surface area contributed by atoms with Crippen LogP contribution in [0, 0.1) is 6.92 Å². The molecule has 1 aromatic carbocycles. The lowest BCUT2D eigenvalue weighted by atomic mass is 10.1. The third-order valence-corrected chi connectivity index (χ3v) is 3.29. The Morgan fingerprint density at radius 1 is 1.40 bits per heavy atom. The second kappa shape index (κ2) is 6.26. The summed E-state index contributed by atoms with van der Waals surface area (Å²) in [4.78, 5) is 2.30. The van der Waals surface area contributed by atoms with Gasteiger partial charge in [0.2, 0.25) is 0 Å². The maximum atomic E-state index is 5.48. The molecular formula is C12H19BrN2. The van der Waals surface area contributed by atoms with Gasteiger partial charge in [-0.1, -0.05) is 28.1 Å². The highest BCUT2D eigenvalue weighted by atomic mass is 79.9. The van der Waals surface area contributed by atoms with Crippen LogP contribution in [0.2, 0.25) is 0 Å². The van der Waals surface area contributed by atoms with Crippen molar-refractivity contribution < 1.29 is 0 Å². The van der Waals surface area contributed by atoms with E-state index in [0.29, 0.717) is 0 Å². The van der Waals surface area contributed by atoms with Gasteiger partial charge in [-0.05, 0) is 50.7 Å². The zero-order valence-electron chi connectivity index (χ0n) is 9.46. The minimum absolute atomic E-state index is 0.766. The van der Waals surface area contributed by atoms with Crippen molar-refractivity contribution in [3.8, 4) is 0 Å². The van der Waals surface area contributed by atoms with Crippen LogP contribution in [-0.2, 0) is 6.54 Å². The van der Waals surface area contributed by atoms with Gasteiger partial charge in [-0.15, -0.1) is 0 Å². The van der Waals surface area contributed by atoms with Crippen LogP contribution in [0.25, 0.3) is 0 Å². The van der Waals surface area contributed by atoms with Crippen LogP contribution in [0.3, 0.4) is 0 Å². The van der Waals surface area contributed by atoms with Gasteiger partial charge in [-0.2, -0.15) is 0 Å². The molecule has 0 saturated heterocycles. The van der Waals surface area contributed by atoms with Gasteiger partial charge in [-0.25, -0.2) is 0 Å². The van der Waals surface area contributed by atoms with Gasteiger partial charge < -0.3 is 10.6 Å². The van der Waals surface area contributed by atoms with Gasteiger partial charge in [0.05, 0.1) is 0 Å². The van der Waals surface area contributed by atoms with Gasteiger partial charge in [0.25, 0.3) is 0 Å². The van der Waals surface area contributed by atoms with Crippen LogP contribution in [0.4, 0.5) is 0 Å². The van der Waals surface area contributed by atoms with Crippen molar-refractivity contribution in [1.29, 1.82) is 0 Å². The second-order valence-corrected chi connectivity index (χ2v) is 4.82. The Morgan fingerprint density at radius 2 is 2.13 bits per heavy atom. The smallest absolute Gasteiger partial charge is 0.0231 e. The zero-order chi connectivity index (χ0) is 11.3. The van der Waals surface area contributed by atoms with E-state index in [9.17, 15) is 0 Å². The fourth-order valence-corrected chi connectivity index (χ4v) is 1.91. The fraction of sp³-hybridized carbons (Fsp3) is 0.500. The lowest BCUT2D eigenvalue weighted by molar-refractivity contribution is 0.324. The molecule has 0 aromatic heterocycles. The summed E-state index contributed by atoms with van der Waals surface area (Å²) in [5.41, 5.74) is 8.10. The Balaban J connectivity index is 2.53. The highest BCUT2D eigenvalue weighted by Gasteiger charge is 2.01. The number of nitrogens with two attached hydrogens (primary N) is 1. The molecule has 1 rings (SSSR count). The lowest BCUT2D eigenvalue weighted by Gasteiger charge is -2.16. The molecule has 0 aliphatic heterocycles. The number of aryl methyl sites for hydroxylation is 1. The van der Waals surface area contributed by atoms with E-state index < -0.39 is 0 Å². The summed E-state index contributed by atoms with van der Waals surface area (Å²) in [6, 6.07) is 6.52. The number of halogens is 1. The lowest BCUT2D eigenvalue weighted by Crippen LogP contribution is -2.21. The normalized spacial score (nSPS) is 11.0. The zero-order valence-corrected chi connectivity index (χ0v) is 11.0. The summed E-state index contributed by atoms with van der Waals surface area (Å²) in [6.07, 6.45) is 1.06. The largest absolute Gasteiger partial charge is 0.330 e. The summed E-state index contributed by atoms with van der Waals surface area (Å²) in [5.74, 6) is 0. The van der Waals surface area contributed by atoms with Crippen molar-refractivity contribution in [2.45, 2.75) is 19.9 Å². The molecule has 84 valence electrons. The molecule has 0 atom stereocenters. The van der Waals surface area contributed by atoms with Gasteiger partial charge in [0, 0.05) is 11.0 Å². The number of rotatable bonds is 5. The number of hydrogen-bond donors (Lipinski definition) is 1. The third-order valence-electron chi connectivity index (χ3n) is 2.43. The van der Waals surface area contributed by atoms with E-state index in [1.807, 2.05) is 0 Å². The second-order valence-electron chi connectivity index (χ2n) is 3.96. The number of nitrogens with zero attached hydrogens (tertiary/aromatic N) is 1. The van der Waals surface area contributed by atoms with Gasteiger partial charge in [0.1, 0.15) is 0 Å².